The second-order valence-electron chi connectivity index (χ2n) is 19.6. The molecule has 0 bridgehead atoms. The Morgan fingerprint density at radius 3 is 1.27 bits per heavy atom. The lowest BCUT2D eigenvalue weighted by atomic mass is 9.82. The van der Waals surface area contributed by atoms with Gasteiger partial charge in [0, 0.05) is 25.0 Å². The van der Waals surface area contributed by atoms with Crippen molar-refractivity contribution in [3.63, 3.8) is 0 Å². The Morgan fingerprint density at radius 2 is 0.895 bits per heavy atom. The quantitative estimate of drug-likeness (QED) is 0.0119. The van der Waals surface area contributed by atoms with Crippen LogP contribution in [0.3, 0.4) is 0 Å². The molecule has 2 fully saturated rings. The fourth-order valence-corrected chi connectivity index (χ4v) is 11.5. The van der Waals surface area contributed by atoms with Crippen LogP contribution in [0.4, 0.5) is 0 Å². The van der Waals surface area contributed by atoms with E-state index in [-0.39, 0.29) is 82.5 Å². The Bertz CT molecular complexity index is 3110. The lowest BCUT2D eigenvalue weighted by Crippen LogP contribution is -2.31. The van der Waals surface area contributed by atoms with Gasteiger partial charge in [0.2, 0.25) is 0 Å². The van der Waals surface area contributed by atoms with Crippen molar-refractivity contribution in [3.8, 4) is 29.1 Å². The first kappa shape index (κ1) is 66.4. The van der Waals surface area contributed by atoms with Gasteiger partial charge in [-0.3, -0.25) is 38.4 Å². The van der Waals surface area contributed by atoms with Crippen LogP contribution in [0.2, 0.25) is 0 Å². The number of benzene rings is 3. The lowest BCUT2D eigenvalue weighted by Gasteiger charge is -2.27. The van der Waals surface area contributed by atoms with Crippen LogP contribution in [0.15, 0.2) is 99.6 Å². The number of hydrogen-bond donors (Lipinski definition) is 0. The first-order valence-corrected chi connectivity index (χ1v) is 29.5. The lowest BCUT2D eigenvalue weighted by molar-refractivity contribution is -0.152. The molecule has 3 aromatic carbocycles. The SMILES string of the molecule is [C-]#[N+]/C(C#N)=C1\Sc2c(OC(=O)C3CCC(C(=O)Oc4ccc(CCOC(=O)CCC(=O)OCCOC(=O)C=C)cc4)CC3)cc(CC)c(OC(=O)C3CCC(C(=O)Oc4ccc(CCOC(=O)CCC(=O)OCCOC(=O)C=C)cc4)CC3)c2S1. The minimum absolute atomic E-state index is 0.0521. The number of carbonyl (C=O) groups excluding carboxylic acids is 10. The molecule has 6 rings (SSSR count). The number of rotatable bonds is 29. The molecule has 22 nitrogen and oxygen atoms in total. The van der Waals surface area contributed by atoms with E-state index in [1.54, 1.807) is 54.6 Å². The van der Waals surface area contributed by atoms with Gasteiger partial charge in [0.1, 0.15) is 49.4 Å². The third kappa shape index (κ3) is 20.8. The topological polar surface area (TPSA) is 291 Å². The Morgan fingerprint density at radius 1 is 0.535 bits per heavy atom. The molecular formula is C62H64N2O20S2. The number of esters is 10. The summed E-state index contributed by atoms with van der Waals surface area (Å²) < 4.78 is 53.6. The van der Waals surface area contributed by atoms with Crippen molar-refractivity contribution in [3.05, 3.63) is 118 Å². The van der Waals surface area contributed by atoms with Gasteiger partial charge in [-0.25, -0.2) is 19.7 Å². The minimum atomic E-state index is -0.643. The number of nitrogens with zero attached hydrogens (tertiary/aromatic N) is 2. The number of allylic oxidation sites excluding steroid dienone is 1. The van der Waals surface area contributed by atoms with Crippen LogP contribution in [0.25, 0.3) is 4.85 Å². The molecule has 2 aliphatic carbocycles. The molecule has 0 radical (unpaired) electrons. The van der Waals surface area contributed by atoms with Gasteiger partial charge in [-0.2, -0.15) is 0 Å². The maximum atomic E-state index is 13.9. The van der Waals surface area contributed by atoms with E-state index in [4.69, 9.17) is 53.9 Å². The van der Waals surface area contributed by atoms with Crippen LogP contribution in [0, 0.1) is 41.6 Å². The smallest absolute Gasteiger partial charge is 0.330 e. The summed E-state index contributed by atoms with van der Waals surface area (Å²) in [5, 5.41) is 9.80. The molecule has 0 amide bonds. The molecule has 0 unspecified atom stereocenters. The van der Waals surface area contributed by atoms with Gasteiger partial charge in [-0.1, -0.05) is 67.9 Å². The molecule has 0 saturated heterocycles. The summed E-state index contributed by atoms with van der Waals surface area (Å²) >= 11 is 2.16. The maximum absolute atomic E-state index is 13.9. The zero-order chi connectivity index (χ0) is 62.0. The molecule has 2 saturated carbocycles. The van der Waals surface area contributed by atoms with E-state index in [1.165, 1.54) is 0 Å². The van der Waals surface area contributed by atoms with Gasteiger partial charge in [-0.15, -0.1) is 0 Å². The molecule has 3 aliphatic rings. The van der Waals surface area contributed by atoms with E-state index in [9.17, 15) is 53.2 Å². The number of fused-ring (bicyclic) bond motifs is 1. The monoisotopic (exact) mass is 1220 g/mol. The fraction of sp³-hybridized carbons (Fsp3) is 0.419. The number of carbonyl (C=O) groups is 10. The fourth-order valence-electron chi connectivity index (χ4n) is 9.04. The third-order valence-electron chi connectivity index (χ3n) is 13.8. The molecule has 0 aromatic heterocycles. The van der Waals surface area contributed by atoms with Crippen molar-refractivity contribution >= 4 is 83.2 Å². The van der Waals surface area contributed by atoms with Crippen LogP contribution in [0.5, 0.6) is 23.0 Å². The average molecular weight is 1220 g/mol. The summed E-state index contributed by atoms with van der Waals surface area (Å²) in [6, 6.07) is 17.0. The summed E-state index contributed by atoms with van der Waals surface area (Å²) in [5.74, 6) is -6.65. The molecule has 24 heteroatoms. The van der Waals surface area contributed by atoms with Gasteiger partial charge >= 0.3 is 59.7 Å². The first-order valence-electron chi connectivity index (χ1n) is 27.8. The van der Waals surface area contributed by atoms with Crippen molar-refractivity contribution in [2.45, 2.75) is 113 Å². The van der Waals surface area contributed by atoms with Crippen LogP contribution in [-0.2, 0) is 95.6 Å². The standard InChI is InChI=1S/C62H64N2O20S2/c1-5-40-36-48(83-60(73)43-16-12-41(13-17-43)58(71)81-45-20-8-38(9-21-45)28-30-75-51(67)24-26-53(69)79-34-32-77-49(65)6-2)56-57(86-62(85-56)47(37-63)64-4)55(40)84-61(74)44-18-14-42(15-19-44)59(72)82-46-22-10-39(11-23-46)29-31-76-52(68)25-27-54(70)80-35-33-78-50(66)7-3/h6-11,20-23,36,41-44H,2-3,5,12-19,24-35H2,1H3/b62-47+. The largest absolute Gasteiger partial charge is 0.465 e. The van der Waals surface area contributed by atoms with Gasteiger partial charge in [-0.05, 0) is 105 Å². The minimum Gasteiger partial charge on any atom is -0.465 e. The van der Waals surface area contributed by atoms with Gasteiger partial charge in [0.15, 0.2) is 0 Å². The Kier molecular flexibility index (Phi) is 26.5. The molecule has 0 atom stereocenters. The molecule has 86 heavy (non-hydrogen) atoms. The van der Waals surface area contributed by atoms with E-state index >= 15 is 0 Å². The number of nitriles is 1. The van der Waals surface area contributed by atoms with Crippen LogP contribution in [0.1, 0.15) is 101 Å². The maximum Gasteiger partial charge on any atom is 0.330 e. The van der Waals surface area contributed by atoms with Crippen molar-refractivity contribution in [1.82, 2.24) is 0 Å². The Balaban J connectivity index is 0.931. The van der Waals surface area contributed by atoms with Gasteiger partial charge in [0.05, 0.1) is 89.2 Å². The molecular weight excluding hydrogens is 1160 g/mol. The molecule has 454 valence electrons. The highest BCUT2D eigenvalue weighted by Gasteiger charge is 2.38. The van der Waals surface area contributed by atoms with Crippen molar-refractivity contribution < 1.29 is 95.3 Å². The highest BCUT2D eigenvalue weighted by molar-refractivity contribution is 8.24. The normalized spacial score (nSPS) is 17.2. The highest BCUT2D eigenvalue weighted by Crippen LogP contribution is 2.60. The summed E-state index contributed by atoms with van der Waals surface area (Å²) in [6.07, 6.45) is 5.12. The number of thioether (sulfide) groups is 2. The Hall–Kier alpha value is -8.74. The zero-order valence-electron chi connectivity index (χ0n) is 47.3. The van der Waals surface area contributed by atoms with E-state index in [0.717, 1.165) is 46.8 Å². The van der Waals surface area contributed by atoms with Crippen LogP contribution in [-0.4, -0.2) is 99.3 Å². The van der Waals surface area contributed by atoms with Crippen molar-refractivity contribution in [2.24, 2.45) is 23.7 Å². The summed E-state index contributed by atoms with van der Waals surface area (Å²) in [4.78, 5) is 128. The average Bonchev–Trinajstić information content (AvgIpc) is 3.23. The molecule has 1 heterocycles. The van der Waals surface area contributed by atoms with Gasteiger partial charge in [0.25, 0.3) is 5.70 Å². The van der Waals surface area contributed by atoms with E-state index in [1.807, 2.05) is 13.0 Å². The number of ether oxygens (including phenoxy) is 10. The molecule has 0 N–H and O–H groups in total. The van der Waals surface area contributed by atoms with Crippen LogP contribution < -0.4 is 18.9 Å². The van der Waals surface area contributed by atoms with Crippen LogP contribution >= 0.6 is 23.5 Å². The van der Waals surface area contributed by atoms with E-state index < -0.39 is 83.4 Å². The molecule has 0 spiro atoms. The van der Waals surface area contributed by atoms with Crippen molar-refractivity contribution in [2.75, 3.05) is 39.6 Å². The highest BCUT2D eigenvalue weighted by atomic mass is 32.2. The molecule has 3 aromatic rings. The predicted molar refractivity (Wildman–Crippen MR) is 305 cm³/mol. The summed E-state index contributed by atoms with van der Waals surface area (Å²) in [5.41, 5.74) is 1.99. The van der Waals surface area contributed by atoms with Gasteiger partial charge < -0.3 is 47.4 Å². The molecule has 1 aliphatic heterocycles. The zero-order valence-corrected chi connectivity index (χ0v) is 48.9. The summed E-state index contributed by atoms with van der Waals surface area (Å²) in [6.45, 7) is 15.5. The Labute approximate surface area is 505 Å². The third-order valence-corrected chi connectivity index (χ3v) is 16.4. The van der Waals surface area contributed by atoms with E-state index in [0.29, 0.717) is 102 Å². The second-order valence-corrected chi connectivity index (χ2v) is 21.9. The van der Waals surface area contributed by atoms with Crippen molar-refractivity contribution in [1.29, 1.82) is 5.26 Å². The first-order chi connectivity index (χ1) is 41.5. The number of aryl methyl sites for hydroxylation is 1. The second kappa shape index (κ2) is 34.3. The predicted octanol–water partition coefficient (Wildman–Crippen LogP) is 8.97. The van der Waals surface area contributed by atoms with E-state index in [2.05, 4.69) is 18.0 Å². The summed E-state index contributed by atoms with van der Waals surface area (Å²) in [7, 11) is 0. The number of hydrogen-bond acceptors (Lipinski definition) is 23.